The number of aromatic hydroxyl groups is 1. The van der Waals surface area contributed by atoms with Crippen molar-refractivity contribution in [2.24, 2.45) is 0 Å². The van der Waals surface area contributed by atoms with Gasteiger partial charge in [0.2, 0.25) is 0 Å². The smallest absolute Gasteiger partial charge is 0.307 e. The molecule has 0 bridgehead atoms. The maximum Gasteiger partial charge on any atom is 0.307 e. The second-order valence-corrected chi connectivity index (χ2v) is 5.41. The fourth-order valence-electron chi connectivity index (χ4n) is 2.37. The first-order valence-corrected chi connectivity index (χ1v) is 7.59. The Morgan fingerprint density at radius 1 is 1.08 bits per heavy atom. The minimum Gasteiger partial charge on any atom is -0.507 e. The second kappa shape index (κ2) is 7.48. The molecule has 0 unspecified atom stereocenters. The summed E-state index contributed by atoms with van der Waals surface area (Å²) in [5, 5.41) is 21.4. The number of nitrogen functional groups attached to an aromatic ring is 1. The molecule has 0 fully saturated rings. The quantitative estimate of drug-likeness (QED) is 0.466. The van der Waals surface area contributed by atoms with Crippen molar-refractivity contribution >= 4 is 23.3 Å². The highest BCUT2D eigenvalue weighted by Crippen LogP contribution is 2.25. The molecule has 0 aliphatic carbocycles. The standard InChI is InChI=1S/C18H18N2O5/c1-2-20-18(25)11-4-5-12(14(19)9-11)17(24)13-7-10(8-16(22)23)3-6-15(13)21/h3-7,9,21H,2,8,19H2,1H3,(H,20,25)(H,22,23). The number of hydrogen-bond donors (Lipinski definition) is 4. The lowest BCUT2D eigenvalue weighted by atomic mass is 9.97. The number of anilines is 1. The van der Waals surface area contributed by atoms with Crippen LogP contribution in [-0.2, 0) is 11.2 Å². The summed E-state index contributed by atoms with van der Waals surface area (Å²) in [6.07, 6.45) is -0.272. The van der Waals surface area contributed by atoms with Crippen LogP contribution in [-0.4, -0.2) is 34.4 Å². The summed E-state index contributed by atoms with van der Waals surface area (Å²) in [4.78, 5) is 35.3. The number of nitrogens with one attached hydrogen (secondary N) is 1. The van der Waals surface area contributed by atoms with Gasteiger partial charge in [-0.05, 0) is 42.8 Å². The lowest BCUT2D eigenvalue weighted by Gasteiger charge is -2.10. The van der Waals surface area contributed by atoms with Crippen molar-refractivity contribution in [2.45, 2.75) is 13.3 Å². The highest BCUT2D eigenvalue weighted by Gasteiger charge is 2.18. The van der Waals surface area contributed by atoms with Crippen LogP contribution >= 0.6 is 0 Å². The minimum atomic E-state index is -1.05. The summed E-state index contributed by atoms with van der Waals surface area (Å²) in [7, 11) is 0. The van der Waals surface area contributed by atoms with Crippen LogP contribution < -0.4 is 11.1 Å². The third kappa shape index (κ3) is 4.14. The van der Waals surface area contributed by atoms with Crippen LogP contribution in [0.15, 0.2) is 36.4 Å². The van der Waals surface area contributed by atoms with Gasteiger partial charge in [-0.1, -0.05) is 6.07 Å². The zero-order valence-corrected chi connectivity index (χ0v) is 13.6. The molecule has 0 radical (unpaired) electrons. The van der Waals surface area contributed by atoms with Crippen molar-refractivity contribution in [1.82, 2.24) is 5.32 Å². The van der Waals surface area contributed by atoms with E-state index in [1.54, 1.807) is 6.92 Å². The molecule has 0 saturated heterocycles. The molecule has 0 atom stereocenters. The lowest BCUT2D eigenvalue weighted by Crippen LogP contribution is -2.23. The van der Waals surface area contributed by atoms with Crippen LogP contribution in [0.2, 0.25) is 0 Å². The predicted octanol–water partition coefficient (Wildman–Crippen LogP) is 1.58. The van der Waals surface area contributed by atoms with Crippen molar-refractivity contribution < 1.29 is 24.6 Å². The Morgan fingerprint density at radius 3 is 2.40 bits per heavy atom. The Labute approximate surface area is 144 Å². The lowest BCUT2D eigenvalue weighted by molar-refractivity contribution is -0.136. The average molecular weight is 342 g/mol. The highest BCUT2D eigenvalue weighted by molar-refractivity contribution is 6.14. The average Bonchev–Trinajstić information content (AvgIpc) is 2.55. The van der Waals surface area contributed by atoms with E-state index in [2.05, 4.69) is 5.32 Å². The molecule has 2 aromatic carbocycles. The molecule has 5 N–H and O–H groups in total. The minimum absolute atomic E-state index is 0.0452. The van der Waals surface area contributed by atoms with Crippen molar-refractivity contribution in [3.05, 3.63) is 58.7 Å². The molecular weight excluding hydrogens is 324 g/mol. The molecule has 25 heavy (non-hydrogen) atoms. The molecule has 7 heteroatoms. The maximum atomic E-state index is 12.6. The monoisotopic (exact) mass is 342 g/mol. The normalized spacial score (nSPS) is 10.3. The van der Waals surface area contributed by atoms with E-state index < -0.39 is 11.8 Å². The zero-order valence-electron chi connectivity index (χ0n) is 13.6. The number of carbonyl (C=O) groups is 3. The van der Waals surface area contributed by atoms with E-state index in [0.717, 1.165) is 0 Å². The first-order chi connectivity index (χ1) is 11.8. The van der Waals surface area contributed by atoms with Crippen LogP contribution in [0.25, 0.3) is 0 Å². The number of amides is 1. The molecule has 1 amide bonds. The van der Waals surface area contributed by atoms with Gasteiger partial charge in [0.05, 0.1) is 12.0 Å². The summed E-state index contributed by atoms with van der Waals surface area (Å²) in [5.41, 5.74) is 6.76. The van der Waals surface area contributed by atoms with Crippen LogP contribution in [0.5, 0.6) is 5.75 Å². The van der Waals surface area contributed by atoms with E-state index in [-0.39, 0.29) is 34.9 Å². The zero-order chi connectivity index (χ0) is 18.6. The molecule has 130 valence electrons. The van der Waals surface area contributed by atoms with E-state index in [1.807, 2.05) is 0 Å². The number of rotatable bonds is 6. The van der Waals surface area contributed by atoms with Gasteiger partial charge in [-0.2, -0.15) is 0 Å². The molecule has 0 aromatic heterocycles. The number of phenols is 1. The van der Waals surface area contributed by atoms with Crippen molar-refractivity contribution in [3.8, 4) is 5.75 Å². The Morgan fingerprint density at radius 2 is 1.80 bits per heavy atom. The predicted molar refractivity (Wildman–Crippen MR) is 91.7 cm³/mol. The van der Waals surface area contributed by atoms with Crippen molar-refractivity contribution in [1.29, 1.82) is 0 Å². The number of carboxylic acid groups (broad SMARTS) is 1. The second-order valence-electron chi connectivity index (χ2n) is 5.41. The SMILES string of the molecule is CCNC(=O)c1ccc(C(=O)c2cc(CC(=O)O)ccc2O)c(N)c1. The van der Waals surface area contributed by atoms with Gasteiger partial charge in [0, 0.05) is 23.4 Å². The summed E-state index contributed by atoms with van der Waals surface area (Å²) in [6.45, 7) is 2.25. The van der Waals surface area contributed by atoms with Gasteiger partial charge in [0.1, 0.15) is 5.75 Å². The summed E-state index contributed by atoms with van der Waals surface area (Å²) in [6, 6.07) is 8.28. The van der Waals surface area contributed by atoms with Gasteiger partial charge in [-0.25, -0.2) is 0 Å². The van der Waals surface area contributed by atoms with Gasteiger partial charge in [0.15, 0.2) is 5.78 Å². The van der Waals surface area contributed by atoms with E-state index in [1.165, 1.54) is 36.4 Å². The van der Waals surface area contributed by atoms with E-state index in [4.69, 9.17) is 10.8 Å². The number of phenolic OH excluding ortho intramolecular Hbond substituents is 1. The number of hydrogen-bond acceptors (Lipinski definition) is 5. The summed E-state index contributed by atoms with van der Waals surface area (Å²) < 4.78 is 0. The fraction of sp³-hybridized carbons (Fsp3) is 0.167. The molecule has 0 saturated carbocycles. The topological polar surface area (TPSA) is 130 Å². The molecule has 0 aliphatic heterocycles. The number of carbonyl (C=O) groups excluding carboxylic acids is 2. The number of aliphatic carboxylic acids is 1. The number of nitrogens with two attached hydrogens (primary N) is 1. The van der Waals surface area contributed by atoms with Gasteiger partial charge >= 0.3 is 5.97 Å². The molecule has 0 spiro atoms. The molecular formula is C18H18N2O5. The third-order valence-corrected chi connectivity index (χ3v) is 3.56. The number of benzene rings is 2. The fourth-order valence-corrected chi connectivity index (χ4v) is 2.37. The number of carboxylic acids is 1. The highest BCUT2D eigenvalue weighted by atomic mass is 16.4. The third-order valence-electron chi connectivity index (χ3n) is 3.56. The van der Waals surface area contributed by atoms with Crippen molar-refractivity contribution in [3.63, 3.8) is 0 Å². The molecule has 0 aliphatic rings. The van der Waals surface area contributed by atoms with Crippen molar-refractivity contribution in [2.75, 3.05) is 12.3 Å². The Hall–Kier alpha value is -3.35. The van der Waals surface area contributed by atoms with Gasteiger partial charge in [0.25, 0.3) is 5.91 Å². The van der Waals surface area contributed by atoms with Crippen LogP contribution in [0, 0.1) is 0 Å². The molecule has 2 rings (SSSR count). The summed E-state index contributed by atoms with van der Waals surface area (Å²) >= 11 is 0. The first-order valence-electron chi connectivity index (χ1n) is 7.59. The Balaban J connectivity index is 2.37. The number of ketones is 1. The Bertz CT molecular complexity index is 845. The maximum absolute atomic E-state index is 12.6. The first kappa shape index (κ1) is 18.0. The molecule has 2 aromatic rings. The molecule has 0 heterocycles. The summed E-state index contributed by atoms with van der Waals surface area (Å²) in [5.74, 6) is -2.18. The Kier molecular flexibility index (Phi) is 5.38. The van der Waals surface area contributed by atoms with E-state index in [9.17, 15) is 19.5 Å². The van der Waals surface area contributed by atoms with E-state index in [0.29, 0.717) is 17.7 Å². The van der Waals surface area contributed by atoms with E-state index >= 15 is 0 Å². The van der Waals surface area contributed by atoms with Crippen LogP contribution in [0.3, 0.4) is 0 Å². The van der Waals surface area contributed by atoms with Gasteiger partial charge in [-0.3, -0.25) is 14.4 Å². The molecule has 7 nitrogen and oxygen atoms in total. The van der Waals surface area contributed by atoms with Gasteiger partial charge < -0.3 is 21.3 Å². The van der Waals surface area contributed by atoms with Crippen LogP contribution in [0.1, 0.15) is 38.8 Å². The van der Waals surface area contributed by atoms with Crippen LogP contribution in [0.4, 0.5) is 5.69 Å². The largest absolute Gasteiger partial charge is 0.507 e. The van der Waals surface area contributed by atoms with Gasteiger partial charge in [-0.15, -0.1) is 0 Å².